The molecule has 1 aliphatic rings. The molecule has 1 fully saturated rings. The normalized spacial score (nSPS) is 15.7. The minimum absolute atomic E-state index is 0.662. The van der Waals surface area contributed by atoms with Gasteiger partial charge in [-0.05, 0) is 58.8 Å². The number of guanidine groups is 1. The van der Waals surface area contributed by atoms with Crippen LogP contribution >= 0.6 is 15.9 Å². The van der Waals surface area contributed by atoms with Crippen LogP contribution in [0.2, 0.25) is 0 Å². The summed E-state index contributed by atoms with van der Waals surface area (Å²) in [6.45, 7) is 4.91. The lowest BCUT2D eigenvalue weighted by atomic mass is 10.0. The molecule has 0 spiro atoms. The molecule has 7 heteroatoms. The Morgan fingerprint density at radius 1 is 1.31 bits per heavy atom. The maximum atomic E-state index is 5.78. The second kappa shape index (κ2) is 12.1. The van der Waals surface area contributed by atoms with Crippen LogP contribution in [0.15, 0.2) is 27.7 Å². The summed E-state index contributed by atoms with van der Waals surface area (Å²) in [5.41, 5.74) is 1.15. The van der Waals surface area contributed by atoms with E-state index in [0.717, 1.165) is 74.0 Å². The highest BCUT2D eigenvalue weighted by molar-refractivity contribution is 9.10. The zero-order chi connectivity index (χ0) is 18.6. The summed E-state index contributed by atoms with van der Waals surface area (Å²) in [6.07, 6.45) is 3.20. The average molecular weight is 428 g/mol. The molecule has 1 aromatic rings. The number of halogens is 1. The van der Waals surface area contributed by atoms with Crippen molar-refractivity contribution in [1.29, 1.82) is 0 Å². The van der Waals surface area contributed by atoms with Gasteiger partial charge in [0.25, 0.3) is 0 Å². The fourth-order valence-electron chi connectivity index (χ4n) is 2.77. The highest BCUT2D eigenvalue weighted by Crippen LogP contribution is 2.25. The summed E-state index contributed by atoms with van der Waals surface area (Å²) >= 11 is 3.51. The Balaban J connectivity index is 1.58. The van der Waals surface area contributed by atoms with Crippen LogP contribution in [0.5, 0.6) is 5.75 Å². The molecule has 0 atom stereocenters. The molecule has 1 heterocycles. The van der Waals surface area contributed by atoms with Crippen LogP contribution in [0.1, 0.15) is 24.8 Å². The molecule has 0 aliphatic carbocycles. The molecular weight excluding hydrogens is 398 g/mol. The van der Waals surface area contributed by atoms with Gasteiger partial charge in [-0.25, -0.2) is 0 Å². The van der Waals surface area contributed by atoms with Gasteiger partial charge in [0.2, 0.25) is 0 Å². The van der Waals surface area contributed by atoms with Crippen LogP contribution in [0, 0.1) is 5.92 Å². The Morgan fingerprint density at radius 2 is 2.12 bits per heavy atom. The molecule has 0 radical (unpaired) electrons. The number of hydrogen-bond donors (Lipinski definition) is 2. The van der Waals surface area contributed by atoms with Crippen LogP contribution in [0.25, 0.3) is 0 Å². The lowest BCUT2D eigenvalue weighted by Crippen LogP contribution is -2.37. The van der Waals surface area contributed by atoms with Gasteiger partial charge in [0, 0.05) is 46.6 Å². The van der Waals surface area contributed by atoms with Crippen molar-refractivity contribution in [2.45, 2.75) is 25.8 Å². The fourth-order valence-corrected chi connectivity index (χ4v) is 3.36. The number of rotatable bonds is 9. The first-order chi connectivity index (χ1) is 12.7. The number of hydrogen-bond acceptors (Lipinski definition) is 4. The number of aliphatic imine (C=N–C) groups is 1. The van der Waals surface area contributed by atoms with E-state index in [1.807, 2.05) is 18.2 Å². The maximum Gasteiger partial charge on any atom is 0.191 e. The van der Waals surface area contributed by atoms with E-state index in [4.69, 9.17) is 14.2 Å². The monoisotopic (exact) mass is 427 g/mol. The molecule has 2 rings (SSSR count). The van der Waals surface area contributed by atoms with E-state index in [9.17, 15) is 0 Å². The van der Waals surface area contributed by atoms with Crippen LogP contribution in [0.4, 0.5) is 0 Å². The molecule has 0 unspecified atom stereocenters. The fraction of sp³-hybridized carbons (Fsp3) is 0.632. The third kappa shape index (κ3) is 7.51. The SMILES string of the molecule is CN=C(NCCCOCC1CCOCC1)NCc1ccc(OC)c(Br)c1. The summed E-state index contributed by atoms with van der Waals surface area (Å²) in [4.78, 5) is 4.25. The van der Waals surface area contributed by atoms with E-state index in [1.165, 1.54) is 0 Å². The Labute approximate surface area is 164 Å². The Hall–Kier alpha value is -1.31. The predicted molar refractivity (Wildman–Crippen MR) is 108 cm³/mol. The first-order valence-electron chi connectivity index (χ1n) is 9.15. The molecule has 6 nitrogen and oxygen atoms in total. The molecular formula is C19H30BrN3O3. The van der Waals surface area contributed by atoms with Crippen molar-refractivity contribution in [1.82, 2.24) is 10.6 Å². The predicted octanol–water partition coefficient (Wildman–Crippen LogP) is 2.96. The molecule has 1 aromatic carbocycles. The van der Waals surface area contributed by atoms with E-state index in [1.54, 1.807) is 14.2 Å². The van der Waals surface area contributed by atoms with Crippen molar-refractivity contribution in [2.24, 2.45) is 10.9 Å². The lowest BCUT2D eigenvalue weighted by Gasteiger charge is -2.21. The number of nitrogens with zero attached hydrogens (tertiary/aromatic N) is 1. The van der Waals surface area contributed by atoms with E-state index < -0.39 is 0 Å². The summed E-state index contributed by atoms with van der Waals surface area (Å²) in [6, 6.07) is 6.03. The van der Waals surface area contributed by atoms with Gasteiger partial charge in [-0.1, -0.05) is 6.07 Å². The molecule has 2 N–H and O–H groups in total. The minimum atomic E-state index is 0.662. The second-order valence-electron chi connectivity index (χ2n) is 6.31. The van der Waals surface area contributed by atoms with Crippen LogP contribution in [0.3, 0.4) is 0 Å². The van der Waals surface area contributed by atoms with Crippen LogP contribution in [-0.2, 0) is 16.0 Å². The maximum absolute atomic E-state index is 5.78. The van der Waals surface area contributed by atoms with Gasteiger partial charge in [-0.15, -0.1) is 0 Å². The summed E-state index contributed by atoms with van der Waals surface area (Å²) in [5.74, 6) is 2.29. The third-order valence-corrected chi connectivity index (χ3v) is 4.97. The number of methoxy groups -OCH3 is 1. The Morgan fingerprint density at radius 3 is 2.81 bits per heavy atom. The highest BCUT2D eigenvalue weighted by Gasteiger charge is 2.13. The van der Waals surface area contributed by atoms with Crippen molar-refractivity contribution in [2.75, 3.05) is 47.1 Å². The molecule has 1 saturated heterocycles. The lowest BCUT2D eigenvalue weighted by molar-refractivity contribution is 0.0203. The van der Waals surface area contributed by atoms with Gasteiger partial charge in [0.05, 0.1) is 11.6 Å². The molecule has 1 aliphatic heterocycles. The average Bonchev–Trinajstić information content (AvgIpc) is 2.67. The quantitative estimate of drug-likeness (QED) is 0.360. The zero-order valence-electron chi connectivity index (χ0n) is 15.7. The molecule has 146 valence electrons. The Bertz CT molecular complexity index is 563. The summed E-state index contributed by atoms with van der Waals surface area (Å²) in [5, 5.41) is 6.63. The largest absolute Gasteiger partial charge is 0.496 e. The van der Waals surface area contributed by atoms with Crippen LogP contribution in [-0.4, -0.2) is 53.1 Å². The van der Waals surface area contributed by atoms with Gasteiger partial charge in [0.15, 0.2) is 5.96 Å². The molecule has 0 aromatic heterocycles. The van der Waals surface area contributed by atoms with Gasteiger partial charge in [0.1, 0.15) is 5.75 Å². The van der Waals surface area contributed by atoms with Crippen molar-refractivity contribution in [3.63, 3.8) is 0 Å². The van der Waals surface area contributed by atoms with Crippen molar-refractivity contribution < 1.29 is 14.2 Å². The van der Waals surface area contributed by atoms with Crippen LogP contribution < -0.4 is 15.4 Å². The van der Waals surface area contributed by atoms with E-state index >= 15 is 0 Å². The van der Waals surface area contributed by atoms with Crippen molar-refractivity contribution >= 4 is 21.9 Å². The number of benzene rings is 1. The molecule has 26 heavy (non-hydrogen) atoms. The topological polar surface area (TPSA) is 64.1 Å². The van der Waals surface area contributed by atoms with Gasteiger partial charge in [-0.2, -0.15) is 0 Å². The van der Waals surface area contributed by atoms with Gasteiger partial charge in [-0.3, -0.25) is 4.99 Å². The van der Waals surface area contributed by atoms with Gasteiger partial charge < -0.3 is 24.8 Å². The Kier molecular flexibility index (Phi) is 9.81. The van der Waals surface area contributed by atoms with Crippen molar-refractivity contribution in [3.05, 3.63) is 28.2 Å². The molecule has 0 bridgehead atoms. The number of nitrogens with one attached hydrogen (secondary N) is 2. The summed E-state index contributed by atoms with van der Waals surface area (Å²) < 4.78 is 17.3. The molecule has 0 amide bonds. The van der Waals surface area contributed by atoms with E-state index in [-0.39, 0.29) is 0 Å². The highest BCUT2D eigenvalue weighted by atomic mass is 79.9. The second-order valence-corrected chi connectivity index (χ2v) is 7.16. The number of ether oxygens (including phenoxy) is 3. The van der Waals surface area contributed by atoms with E-state index in [2.05, 4.69) is 31.6 Å². The zero-order valence-corrected chi connectivity index (χ0v) is 17.3. The first-order valence-corrected chi connectivity index (χ1v) is 9.94. The minimum Gasteiger partial charge on any atom is -0.496 e. The smallest absolute Gasteiger partial charge is 0.191 e. The molecule has 0 saturated carbocycles. The summed E-state index contributed by atoms with van der Waals surface area (Å²) in [7, 11) is 3.44. The third-order valence-electron chi connectivity index (χ3n) is 4.35. The standard InChI is InChI=1S/C19H30BrN3O3/c1-21-19(23-13-16-4-5-18(24-2)17(20)12-16)22-8-3-9-26-14-15-6-10-25-11-7-15/h4-5,12,15H,3,6-11,13-14H2,1-2H3,(H2,21,22,23). The van der Waals surface area contributed by atoms with Crippen molar-refractivity contribution in [3.8, 4) is 5.75 Å². The first kappa shape index (κ1) is 21.0. The van der Waals surface area contributed by atoms with E-state index in [0.29, 0.717) is 12.5 Å². The van der Waals surface area contributed by atoms with Gasteiger partial charge >= 0.3 is 0 Å².